The molecule has 1 aromatic rings. The van der Waals surface area contributed by atoms with Crippen LogP contribution >= 0.6 is 23.2 Å². The third-order valence-electron chi connectivity index (χ3n) is 3.94. The molecule has 2 rings (SSSR count). The Labute approximate surface area is 157 Å². The van der Waals surface area contributed by atoms with Crippen LogP contribution in [0.25, 0.3) is 6.08 Å². The molecule has 1 unspecified atom stereocenters. The van der Waals surface area contributed by atoms with Crippen LogP contribution in [0, 0.1) is 0 Å². The van der Waals surface area contributed by atoms with Gasteiger partial charge >= 0.3 is 5.97 Å². The normalized spacial score (nSPS) is 17.0. The number of nitrogens with zero attached hydrogens (tertiary/aromatic N) is 1. The molecule has 1 fully saturated rings. The highest BCUT2D eigenvalue weighted by Crippen LogP contribution is 2.22. The van der Waals surface area contributed by atoms with Gasteiger partial charge < -0.3 is 14.4 Å². The zero-order valence-corrected chi connectivity index (χ0v) is 15.6. The molecular formula is C18H21Cl2NO4. The lowest BCUT2D eigenvalue weighted by atomic mass is 10.2. The van der Waals surface area contributed by atoms with Crippen LogP contribution in [-0.2, 0) is 19.1 Å². The van der Waals surface area contributed by atoms with Crippen LogP contribution < -0.4 is 0 Å². The van der Waals surface area contributed by atoms with Gasteiger partial charge in [0.2, 0.25) is 5.91 Å². The first-order valence-corrected chi connectivity index (χ1v) is 8.85. The molecule has 1 aliphatic heterocycles. The number of carbonyl (C=O) groups is 2. The Bertz CT molecular complexity index is 642. The van der Waals surface area contributed by atoms with Crippen LogP contribution in [0.5, 0.6) is 0 Å². The standard InChI is InChI=1S/C18H21Cl2NO4/c1-24-18(23)8-9-21(12-15-3-2-10-25-15)17(22)7-4-13-11-14(19)5-6-16(13)20/h4-7,11,15H,2-3,8-10,12H2,1H3. The summed E-state index contributed by atoms with van der Waals surface area (Å²) in [5, 5.41) is 1.05. The summed E-state index contributed by atoms with van der Waals surface area (Å²) in [7, 11) is 1.33. The molecule has 1 saturated heterocycles. The summed E-state index contributed by atoms with van der Waals surface area (Å²) in [6, 6.07) is 5.05. The van der Waals surface area contributed by atoms with E-state index in [0.29, 0.717) is 28.8 Å². The molecule has 0 spiro atoms. The van der Waals surface area contributed by atoms with Gasteiger partial charge in [-0.05, 0) is 42.7 Å². The minimum absolute atomic E-state index is 0.00440. The average Bonchev–Trinajstić information content (AvgIpc) is 3.11. The molecule has 0 radical (unpaired) electrons. The number of hydrogen-bond donors (Lipinski definition) is 0. The molecule has 1 atom stereocenters. The van der Waals surface area contributed by atoms with Crippen molar-refractivity contribution in [1.29, 1.82) is 0 Å². The zero-order valence-electron chi connectivity index (χ0n) is 14.0. The lowest BCUT2D eigenvalue weighted by Gasteiger charge is -2.24. The van der Waals surface area contributed by atoms with Crippen LogP contribution in [0.3, 0.4) is 0 Å². The van der Waals surface area contributed by atoms with Crippen molar-refractivity contribution >= 4 is 41.2 Å². The molecule has 1 heterocycles. The molecular weight excluding hydrogens is 365 g/mol. The molecule has 0 N–H and O–H groups in total. The molecule has 136 valence electrons. The summed E-state index contributed by atoms with van der Waals surface area (Å²) >= 11 is 12.1. The van der Waals surface area contributed by atoms with Crippen molar-refractivity contribution in [2.45, 2.75) is 25.4 Å². The molecule has 0 aromatic heterocycles. The van der Waals surface area contributed by atoms with Crippen LogP contribution in [0.4, 0.5) is 0 Å². The Balaban J connectivity index is 2.05. The maximum absolute atomic E-state index is 12.6. The Morgan fingerprint density at radius 3 is 2.88 bits per heavy atom. The number of methoxy groups -OCH3 is 1. The monoisotopic (exact) mass is 385 g/mol. The summed E-state index contributed by atoms with van der Waals surface area (Å²) in [5.74, 6) is -0.567. The number of amides is 1. The van der Waals surface area contributed by atoms with Gasteiger partial charge in [0.1, 0.15) is 0 Å². The fraction of sp³-hybridized carbons (Fsp3) is 0.444. The second kappa shape index (κ2) is 9.80. The summed E-state index contributed by atoms with van der Waals surface area (Å²) < 4.78 is 10.2. The van der Waals surface area contributed by atoms with Crippen LogP contribution in [0.2, 0.25) is 10.0 Å². The number of benzene rings is 1. The van der Waals surface area contributed by atoms with Crippen molar-refractivity contribution in [1.82, 2.24) is 4.90 Å². The van der Waals surface area contributed by atoms with Gasteiger partial charge in [-0.2, -0.15) is 0 Å². The number of esters is 1. The molecule has 1 aromatic carbocycles. The van der Waals surface area contributed by atoms with Gasteiger partial charge in [0.15, 0.2) is 0 Å². The van der Waals surface area contributed by atoms with Gasteiger partial charge in [0.05, 0.1) is 19.6 Å². The largest absolute Gasteiger partial charge is 0.469 e. The first kappa shape index (κ1) is 19.8. The van der Waals surface area contributed by atoms with E-state index >= 15 is 0 Å². The predicted molar refractivity (Wildman–Crippen MR) is 97.7 cm³/mol. The topological polar surface area (TPSA) is 55.8 Å². The van der Waals surface area contributed by atoms with Crippen molar-refractivity contribution < 1.29 is 19.1 Å². The van der Waals surface area contributed by atoms with E-state index < -0.39 is 0 Å². The molecule has 0 bridgehead atoms. The van der Waals surface area contributed by atoms with Crippen molar-refractivity contribution in [3.05, 3.63) is 39.9 Å². The second-order valence-corrected chi connectivity index (χ2v) is 6.59. The van der Waals surface area contributed by atoms with Crippen molar-refractivity contribution in [2.75, 3.05) is 26.8 Å². The first-order chi connectivity index (χ1) is 12.0. The highest BCUT2D eigenvalue weighted by Gasteiger charge is 2.22. The Kier molecular flexibility index (Phi) is 7.75. The van der Waals surface area contributed by atoms with Gasteiger partial charge in [-0.15, -0.1) is 0 Å². The molecule has 1 aliphatic rings. The number of ether oxygens (including phenoxy) is 2. The highest BCUT2D eigenvalue weighted by molar-refractivity contribution is 6.34. The predicted octanol–water partition coefficient (Wildman–Crippen LogP) is 3.58. The van der Waals surface area contributed by atoms with E-state index in [2.05, 4.69) is 4.74 Å². The first-order valence-electron chi connectivity index (χ1n) is 8.10. The third kappa shape index (κ3) is 6.34. The average molecular weight is 386 g/mol. The zero-order chi connectivity index (χ0) is 18.2. The van der Waals surface area contributed by atoms with Gasteiger partial charge in [0, 0.05) is 35.8 Å². The van der Waals surface area contributed by atoms with Gasteiger partial charge in [-0.25, -0.2) is 0 Å². The Morgan fingerprint density at radius 1 is 1.40 bits per heavy atom. The maximum Gasteiger partial charge on any atom is 0.307 e. The summed E-state index contributed by atoms with van der Waals surface area (Å²) in [6.07, 6.45) is 5.09. The Hall–Kier alpha value is -1.56. The number of halogens is 2. The van der Waals surface area contributed by atoms with E-state index in [1.807, 2.05) is 0 Å². The second-order valence-electron chi connectivity index (χ2n) is 5.74. The van der Waals surface area contributed by atoms with E-state index in [9.17, 15) is 9.59 Å². The summed E-state index contributed by atoms with van der Waals surface area (Å²) in [6.45, 7) is 1.43. The number of hydrogen-bond acceptors (Lipinski definition) is 4. The molecule has 0 saturated carbocycles. The van der Waals surface area contributed by atoms with E-state index in [4.69, 9.17) is 27.9 Å². The van der Waals surface area contributed by atoms with Crippen LogP contribution in [-0.4, -0.2) is 49.7 Å². The molecule has 7 heteroatoms. The fourth-order valence-electron chi connectivity index (χ4n) is 2.56. The van der Waals surface area contributed by atoms with Crippen LogP contribution in [0.15, 0.2) is 24.3 Å². The van der Waals surface area contributed by atoms with E-state index in [-0.39, 0.29) is 30.9 Å². The van der Waals surface area contributed by atoms with Gasteiger partial charge in [-0.1, -0.05) is 23.2 Å². The van der Waals surface area contributed by atoms with E-state index in [1.54, 1.807) is 29.2 Å². The smallest absolute Gasteiger partial charge is 0.307 e. The highest BCUT2D eigenvalue weighted by atomic mass is 35.5. The quantitative estimate of drug-likeness (QED) is 0.531. The Morgan fingerprint density at radius 2 is 2.20 bits per heavy atom. The molecule has 1 amide bonds. The van der Waals surface area contributed by atoms with Crippen molar-refractivity contribution in [3.8, 4) is 0 Å². The van der Waals surface area contributed by atoms with Crippen molar-refractivity contribution in [2.24, 2.45) is 0 Å². The summed E-state index contributed by atoms with van der Waals surface area (Å²) in [4.78, 5) is 25.6. The van der Waals surface area contributed by atoms with E-state index in [0.717, 1.165) is 12.8 Å². The molecule has 0 aliphatic carbocycles. The lowest BCUT2D eigenvalue weighted by Crippen LogP contribution is -2.37. The summed E-state index contributed by atoms with van der Waals surface area (Å²) in [5.41, 5.74) is 0.660. The number of rotatable bonds is 7. The minimum Gasteiger partial charge on any atom is -0.469 e. The molecule has 5 nitrogen and oxygen atoms in total. The SMILES string of the molecule is COC(=O)CCN(CC1CCCO1)C(=O)C=Cc1cc(Cl)ccc1Cl. The van der Waals surface area contributed by atoms with E-state index in [1.165, 1.54) is 13.2 Å². The van der Waals surface area contributed by atoms with Gasteiger partial charge in [-0.3, -0.25) is 9.59 Å². The third-order valence-corrected chi connectivity index (χ3v) is 4.52. The lowest BCUT2D eigenvalue weighted by molar-refractivity contribution is -0.141. The number of carbonyl (C=O) groups excluding carboxylic acids is 2. The maximum atomic E-state index is 12.6. The van der Waals surface area contributed by atoms with Crippen LogP contribution in [0.1, 0.15) is 24.8 Å². The molecule has 25 heavy (non-hydrogen) atoms. The minimum atomic E-state index is -0.355. The van der Waals surface area contributed by atoms with Gasteiger partial charge in [0.25, 0.3) is 0 Å². The fourth-order valence-corrected chi connectivity index (χ4v) is 2.92. The van der Waals surface area contributed by atoms with Crippen molar-refractivity contribution in [3.63, 3.8) is 0 Å².